The van der Waals surface area contributed by atoms with E-state index in [1.165, 1.54) is 11.3 Å². The molecule has 4 rings (SSSR count). The molecule has 2 heterocycles. The van der Waals surface area contributed by atoms with Crippen molar-refractivity contribution in [3.63, 3.8) is 0 Å². The predicted octanol–water partition coefficient (Wildman–Crippen LogP) is 3.68. The number of ether oxygens (including phenoxy) is 2. The lowest BCUT2D eigenvalue weighted by Gasteiger charge is -2.34. The number of para-hydroxylation sites is 1. The first kappa shape index (κ1) is 21.6. The molecule has 3 aromatic rings. The van der Waals surface area contributed by atoms with Crippen molar-refractivity contribution in [1.29, 1.82) is 0 Å². The van der Waals surface area contributed by atoms with E-state index in [4.69, 9.17) is 9.47 Å². The van der Waals surface area contributed by atoms with Crippen LogP contribution in [0.3, 0.4) is 0 Å². The summed E-state index contributed by atoms with van der Waals surface area (Å²) in [6, 6.07) is 19.5. The van der Waals surface area contributed by atoms with Crippen LogP contribution in [0.2, 0.25) is 0 Å². The SMILES string of the molecule is O=C(OCC(=O)N1CCN(C(=O)c2cccs2)CC1)c1cccc(Oc2ccccc2)c1. The molecule has 1 fully saturated rings. The van der Waals surface area contributed by atoms with E-state index >= 15 is 0 Å². The molecule has 1 aromatic heterocycles. The average molecular weight is 451 g/mol. The molecule has 2 aromatic carbocycles. The lowest BCUT2D eigenvalue weighted by Crippen LogP contribution is -2.51. The van der Waals surface area contributed by atoms with E-state index < -0.39 is 5.97 Å². The van der Waals surface area contributed by atoms with Gasteiger partial charge in [0.2, 0.25) is 0 Å². The van der Waals surface area contributed by atoms with Crippen LogP contribution in [0.1, 0.15) is 20.0 Å². The summed E-state index contributed by atoms with van der Waals surface area (Å²) in [6.07, 6.45) is 0. The summed E-state index contributed by atoms with van der Waals surface area (Å²) < 4.78 is 10.9. The van der Waals surface area contributed by atoms with Gasteiger partial charge in [0.15, 0.2) is 6.61 Å². The van der Waals surface area contributed by atoms with E-state index in [0.29, 0.717) is 48.1 Å². The van der Waals surface area contributed by atoms with Gasteiger partial charge in [0.1, 0.15) is 11.5 Å². The van der Waals surface area contributed by atoms with Crippen LogP contribution >= 0.6 is 11.3 Å². The number of thiophene rings is 1. The highest BCUT2D eigenvalue weighted by Crippen LogP contribution is 2.22. The van der Waals surface area contributed by atoms with Crippen molar-refractivity contribution < 1.29 is 23.9 Å². The number of hydrogen-bond donors (Lipinski definition) is 0. The lowest BCUT2D eigenvalue weighted by atomic mass is 10.2. The molecule has 7 nitrogen and oxygen atoms in total. The highest BCUT2D eigenvalue weighted by molar-refractivity contribution is 7.12. The van der Waals surface area contributed by atoms with Crippen molar-refractivity contribution in [2.24, 2.45) is 0 Å². The van der Waals surface area contributed by atoms with E-state index in [0.717, 1.165) is 0 Å². The van der Waals surface area contributed by atoms with Gasteiger partial charge < -0.3 is 19.3 Å². The van der Waals surface area contributed by atoms with E-state index in [1.54, 1.807) is 40.1 Å². The van der Waals surface area contributed by atoms with Gasteiger partial charge in [0.05, 0.1) is 10.4 Å². The first-order valence-corrected chi connectivity index (χ1v) is 11.1. The van der Waals surface area contributed by atoms with Crippen molar-refractivity contribution >= 4 is 29.1 Å². The highest BCUT2D eigenvalue weighted by Gasteiger charge is 2.26. The second kappa shape index (κ2) is 10.1. The summed E-state index contributed by atoms with van der Waals surface area (Å²) in [6.45, 7) is 1.38. The lowest BCUT2D eigenvalue weighted by molar-refractivity contribution is -0.136. The monoisotopic (exact) mass is 450 g/mol. The van der Waals surface area contributed by atoms with Crippen LogP contribution in [0.5, 0.6) is 11.5 Å². The first-order chi connectivity index (χ1) is 15.6. The van der Waals surface area contributed by atoms with Crippen LogP contribution in [0.15, 0.2) is 72.1 Å². The van der Waals surface area contributed by atoms with Gasteiger partial charge >= 0.3 is 5.97 Å². The third-order valence-corrected chi connectivity index (χ3v) is 5.88. The Morgan fingerprint density at radius 2 is 1.53 bits per heavy atom. The first-order valence-electron chi connectivity index (χ1n) is 10.2. The number of amides is 2. The largest absolute Gasteiger partial charge is 0.457 e. The Labute approximate surface area is 189 Å². The van der Waals surface area contributed by atoms with E-state index in [9.17, 15) is 14.4 Å². The zero-order valence-corrected chi connectivity index (χ0v) is 18.1. The number of carbonyl (C=O) groups is 3. The molecule has 0 radical (unpaired) electrons. The van der Waals surface area contributed by atoms with Crippen LogP contribution in [-0.4, -0.2) is 60.4 Å². The molecular formula is C24H22N2O5S. The topological polar surface area (TPSA) is 76.2 Å². The summed E-state index contributed by atoms with van der Waals surface area (Å²) in [4.78, 5) is 41.3. The summed E-state index contributed by atoms with van der Waals surface area (Å²) in [7, 11) is 0. The molecule has 0 atom stereocenters. The Hall–Kier alpha value is -3.65. The summed E-state index contributed by atoms with van der Waals surface area (Å²) in [5.74, 6) is 0.270. The van der Waals surface area contributed by atoms with Crippen LogP contribution in [0.4, 0.5) is 0 Å². The smallest absolute Gasteiger partial charge is 0.338 e. The molecule has 1 aliphatic heterocycles. The van der Waals surface area contributed by atoms with E-state index in [-0.39, 0.29) is 18.4 Å². The van der Waals surface area contributed by atoms with Gasteiger partial charge in [-0.2, -0.15) is 0 Å². The molecule has 0 aliphatic carbocycles. The molecule has 32 heavy (non-hydrogen) atoms. The minimum Gasteiger partial charge on any atom is -0.457 e. The molecule has 164 valence electrons. The maximum absolute atomic E-state index is 12.5. The van der Waals surface area contributed by atoms with Gasteiger partial charge in [-0.3, -0.25) is 9.59 Å². The molecule has 8 heteroatoms. The number of hydrogen-bond acceptors (Lipinski definition) is 6. The fourth-order valence-corrected chi connectivity index (χ4v) is 4.02. The van der Waals surface area contributed by atoms with E-state index in [2.05, 4.69) is 0 Å². The fourth-order valence-electron chi connectivity index (χ4n) is 3.33. The maximum Gasteiger partial charge on any atom is 0.338 e. The third kappa shape index (κ3) is 5.33. The Balaban J connectivity index is 1.26. The normalized spacial score (nSPS) is 13.5. The number of esters is 1. The minimum atomic E-state index is -0.594. The Bertz CT molecular complexity index is 1080. The van der Waals surface area contributed by atoms with Gasteiger partial charge in [0.25, 0.3) is 11.8 Å². The second-order valence-corrected chi connectivity index (χ2v) is 8.12. The fraction of sp³-hybridized carbons (Fsp3) is 0.208. The van der Waals surface area contributed by atoms with Gasteiger partial charge in [-0.25, -0.2) is 4.79 Å². The zero-order chi connectivity index (χ0) is 22.3. The Morgan fingerprint density at radius 3 is 2.25 bits per heavy atom. The number of piperazine rings is 1. The van der Waals surface area contributed by atoms with Gasteiger partial charge in [-0.05, 0) is 41.8 Å². The molecule has 2 amide bonds. The van der Waals surface area contributed by atoms with Crippen LogP contribution < -0.4 is 4.74 Å². The molecule has 1 saturated heterocycles. The van der Waals surface area contributed by atoms with Crippen molar-refractivity contribution in [3.05, 3.63) is 82.6 Å². The number of benzene rings is 2. The molecule has 0 saturated carbocycles. The molecule has 0 spiro atoms. The summed E-state index contributed by atoms with van der Waals surface area (Å²) in [5.41, 5.74) is 0.303. The van der Waals surface area contributed by atoms with E-state index in [1.807, 2.05) is 41.8 Å². The molecule has 0 N–H and O–H groups in total. The quantitative estimate of drug-likeness (QED) is 0.536. The summed E-state index contributed by atoms with van der Waals surface area (Å²) >= 11 is 1.40. The zero-order valence-electron chi connectivity index (χ0n) is 17.3. The molecule has 0 bridgehead atoms. The molecular weight excluding hydrogens is 428 g/mol. The second-order valence-electron chi connectivity index (χ2n) is 7.17. The van der Waals surface area contributed by atoms with Crippen LogP contribution in [0, 0.1) is 0 Å². The van der Waals surface area contributed by atoms with Crippen molar-refractivity contribution in [1.82, 2.24) is 9.80 Å². The number of carbonyl (C=O) groups excluding carboxylic acids is 3. The average Bonchev–Trinajstić information content (AvgIpc) is 3.38. The highest BCUT2D eigenvalue weighted by atomic mass is 32.1. The molecule has 0 unspecified atom stereocenters. The van der Waals surface area contributed by atoms with Crippen molar-refractivity contribution in [3.8, 4) is 11.5 Å². The minimum absolute atomic E-state index is 0.0175. The van der Waals surface area contributed by atoms with Crippen molar-refractivity contribution in [2.45, 2.75) is 0 Å². The van der Waals surface area contributed by atoms with Crippen molar-refractivity contribution in [2.75, 3.05) is 32.8 Å². The van der Waals surface area contributed by atoms with Gasteiger partial charge in [-0.1, -0.05) is 30.3 Å². The van der Waals surface area contributed by atoms with Crippen LogP contribution in [0.25, 0.3) is 0 Å². The molecule has 1 aliphatic rings. The maximum atomic E-state index is 12.5. The third-order valence-electron chi connectivity index (χ3n) is 5.03. The standard InChI is InChI=1S/C24H22N2O5S/c27-22(25-11-13-26(14-12-25)23(28)21-10-5-15-32-21)17-30-24(29)18-6-4-9-20(16-18)31-19-7-2-1-3-8-19/h1-10,15-16H,11-14,17H2. The Kier molecular flexibility index (Phi) is 6.81. The summed E-state index contributed by atoms with van der Waals surface area (Å²) in [5, 5.41) is 1.87. The predicted molar refractivity (Wildman–Crippen MR) is 120 cm³/mol. The van der Waals surface area contributed by atoms with Gasteiger partial charge in [-0.15, -0.1) is 11.3 Å². The van der Waals surface area contributed by atoms with Crippen LogP contribution in [-0.2, 0) is 9.53 Å². The Morgan fingerprint density at radius 1 is 0.812 bits per heavy atom. The number of nitrogens with zero attached hydrogens (tertiary/aromatic N) is 2. The van der Waals surface area contributed by atoms with Gasteiger partial charge in [0, 0.05) is 26.2 Å². The number of rotatable bonds is 6.